The third-order valence-corrected chi connectivity index (χ3v) is 4.60. The molecule has 0 spiro atoms. The van der Waals surface area contributed by atoms with Gasteiger partial charge in [-0.3, -0.25) is 4.90 Å². The first-order valence-corrected chi connectivity index (χ1v) is 7.00. The zero-order valence-corrected chi connectivity index (χ0v) is 11.1. The second-order valence-corrected chi connectivity index (χ2v) is 5.98. The van der Waals surface area contributed by atoms with Gasteiger partial charge in [0.1, 0.15) is 5.75 Å². The molecule has 2 fully saturated rings. The van der Waals surface area contributed by atoms with Crippen LogP contribution in [0.15, 0.2) is 18.2 Å². The molecule has 3 rings (SSSR count). The highest BCUT2D eigenvalue weighted by Gasteiger charge is 2.39. The lowest BCUT2D eigenvalue weighted by Crippen LogP contribution is -2.46. The Hall–Kier alpha value is -0.770. The fourth-order valence-corrected chi connectivity index (χ4v) is 3.64. The number of nitrogens with two attached hydrogens (primary N) is 1. The summed E-state index contributed by atoms with van der Waals surface area (Å²) in [6, 6.07) is 7.13. The Kier molecular flexibility index (Phi) is 3.22. The number of benzene rings is 1. The lowest BCUT2D eigenvalue weighted by atomic mass is 9.97. The molecule has 2 heterocycles. The van der Waals surface area contributed by atoms with Crippen molar-refractivity contribution in [1.29, 1.82) is 0 Å². The van der Waals surface area contributed by atoms with Crippen molar-refractivity contribution >= 4 is 11.6 Å². The largest absolute Gasteiger partial charge is 0.506 e. The topological polar surface area (TPSA) is 49.5 Å². The van der Waals surface area contributed by atoms with E-state index in [1.165, 1.54) is 18.4 Å². The van der Waals surface area contributed by atoms with E-state index in [4.69, 9.17) is 17.3 Å². The molecule has 2 atom stereocenters. The molecule has 3 N–H and O–H groups in total. The molecular weight excluding hydrogens is 248 g/mol. The maximum absolute atomic E-state index is 9.44. The quantitative estimate of drug-likeness (QED) is 0.865. The lowest BCUT2D eigenvalue weighted by Gasteiger charge is -2.37. The standard InChI is InChI=1S/C14H19ClN2O/c15-13-5-9(1-4-14(13)18)8-17-11-2-3-12(17)7-10(16)6-11/h1,4-5,10-12,18H,2-3,6-8,16H2. The van der Waals surface area contributed by atoms with E-state index in [1.54, 1.807) is 6.07 Å². The van der Waals surface area contributed by atoms with Gasteiger partial charge in [0.15, 0.2) is 0 Å². The number of phenolic OH excluding ortho intramolecular Hbond substituents is 1. The molecule has 3 nitrogen and oxygen atoms in total. The number of hydrogen-bond acceptors (Lipinski definition) is 3. The van der Waals surface area contributed by atoms with E-state index in [-0.39, 0.29) is 5.75 Å². The van der Waals surface area contributed by atoms with E-state index in [0.717, 1.165) is 19.4 Å². The first-order valence-electron chi connectivity index (χ1n) is 6.62. The van der Waals surface area contributed by atoms with Crippen molar-refractivity contribution in [2.75, 3.05) is 0 Å². The molecule has 0 aliphatic carbocycles. The summed E-state index contributed by atoms with van der Waals surface area (Å²) < 4.78 is 0. The monoisotopic (exact) mass is 266 g/mol. The molecule has 2 unspecified atom stereocenters. The number of aromatic hydroxyl groups is 1. The molecule has 0 radical (unpaired) electrons. The van der Waals surface area contributed by atoms with Crippen molar-refractivity contribution < 1.29 is 5.11 Å². The van der Waals surface area contributed by atoms with Crippen molar-refractivity contribution in [3.63, 3.8) is 0 Å². The van der Waals surface area contributed by atoms with E-state index < -0.39 is 0 Å². The van der Waals surface area contributed by atoms with Gasteiger partial charge < -0.3 is 10.8 Å². The smallest absolute Gasteiger partial charge is 0.134 e. The molecular formula is C14H19ClN2O. The lowest BCUT2D eigenvalue weighted by molar-refractivity contribution is 0.120. The summed E-state index contributed by atoms with van der Waals surface area (Å²) >= 11 is 5.95. The van der Waals surface area contributed by atoms with Crippen molar-refractivity contribution in [2.45, 2.75) is 50.4 Å². The average molecular weight is 267 g/mol. The van der Waals surface area contributed by atoms with Crippen LogP contribution < -0.4 is 5.73 Å². The zero-order chi connectivity index (χ0) is 12.7. The van der Waals surface area contributed by atoms with Crippen molar-refractivity contribution in [2.24, 2.45) is 5.73 Å². The normalized spacial score (nSPS) is 31.8. The summed E-state index contributed by atoms with van der Waals surface area (Å²) in [6.45, 7) is 0.919. The van der Waals surface area contributed by atoms with Gasteiger partial charge in [0.2, 0.25) is 0 Å². The third kappa shape index (κ3) is 2.22. The SMILES string of the molecule is NC1CC2CCC(C1)N2Cc1ccc(O)c(Cl)c1. The minimum Gasteiger partial charge on any atom is -0.506 e. The fourth-order valence-electron chi connectivity index (χ4n) is 3.43. The maximum atomic E-state index is 9.44. The van der Waals surface area contributed by atoms with E-state index in [2.05, 4.69) is 4.90 Å². The van der Waals surface area contributed by atoms with Crippen LogP contribution in [0.2, 0.25) is 5.02 Å². The van der Waals surface area contributed by atoms with Crippen LogP contribution >= 0.6 is 11.6 Å². The highest BCUT2D eigenvalue weighted by atomic mass is 35.5. The molecule has 4 heteroatoms. The summed E-state index contributed by atoms with van der Waals surface area (Å²) in [4.78, 5) is 2.56. The van der Waals surface area contributed by atoms with Gasteiger partial charge in [-0.15, -0.1) is 0 Å². The van der Waals surface area contributed by atoms with Crippen LogP contribution in [0, 0.1) is 0 Å². The molecule has 0 saturated carbocycles. The Morgan fingerprint density at radius 3 is 2.56 bits per heavy atom. The molecule has 2 aliphatic heterocycles. The molecule has 0 aromatic heterocycles. The summed E-state index contributed by atoms with van der Waals surface area (Å²) in [5, 5.41) is 9.88. The molecule has 18 heavy (non-hydrogen) atoms. The Morgan fingerprint density at radius 1 is 1.28 bits per heavy atom. The zero-order valence-electron chi connectivity index (χ0n) is 10.3. The van der Waals surface area contributed by atoms with E-state index in [1.807, 2.05) is 12.1 Å². The molecule has 0 amide bonds. The van der Waals surface area contributed by atoms with Crippen LogP contribution in [-0.4, -0.2) is 28.1 Å². The molecule has 1 aromatic rings. The van der Waals surface area contributed by atoms with E-state index in [9.17, 15) is 5.11 Å². The number of rotatable bonds is 2. The summed E-state index contributed by atoms with van der Waals surface area (Å²) in [7, 11) is 0. The minimum atomic E-state index is 0.157. The predicted molar refractivity (Wildman–Crippen MR) is 72.7 cm³/mol. The van der Waals surface area contributed by atoms with Gasteiger partial charge in [-0.1, -0.05) is 17.7 Å². The van der Waals surface area contributed by atoms with E-state index >= 15 is 0 Å². The van der Waals surface area contributed by atoms with Crippen LogP contribution in [0.25, 0.3) is 0 Å². The van der Waals surface area contributed by atoms with Gasteiger partial charge in [0.05, 0.1) is 5.02 Å². The number of halogens is 1. The van der Waals surface area contributed by atoms with Crippen LogP contribution in [0.5, 0.6) is 5.75 Å². The second-order valence-electron chi connectivity index (χ2n) is 5.57. The summed E-state index contributed by atoms with van der Waals surface area (Å²) in [5.41, 5.74) is 7.25. The van der Waals surface area contributed by atoms with Gasteiger partial charge in [-0.25, -0.2) is 0 Å². The van der Waals surface area contributed by atoms with Crippen LogP contribution in [0.1, 0.15) is 31.2 Å². The summed E-state index contributed by atoms with van der Waals surface area (Å²) in [6.07, 6.45) is 4.76. The molecule has 1 aromatic carbocycles. The number of phenols is 1. The van der Waals surface area contributed by atoms with Crippen LogP contribution in [-0.2, 0) is 6.54 Å². The maximum Gasteiger partial charge on any atom is 0.134 e. The van der Waals surface area contributed by atoms with Gasteiger partial charge >= 0.3 is 0 Å². The first-order chi connectivity index (χ1) is 8.63. The number of piperidine rings is 1. The van der Waals surface area contributed by atoms with Crippen molar-refractivity contribution in [1.82, 2.24) is 4.90 Å². The Bertz CT molecular complexity index is 437. The fraction of sp³-hybridized carbons (Fsp3) is 0.571. The molecule has 2 bridgehead atoms. The molecule has 98 valence electrons. The third-order valence-electron chi connectivity index (χ3n) is 4.30. The van der Waals surface area contributed by atoms with Crippen molar-refractivity contribution in [3.8, 4) is 5.75 Å². The number of nitrogens with zero attached hydrogens (tertiary/aromatic N) is 1. The van der Waals surface area contributed by atoms with Crippen LogP contribution in [0.4, 0.5) is 0 Å². The van der Waals surface area contributed by atoms with Gasteiger partial charge in [0, 0.05) is 24.7 Å². The molecule has 2 aliphatic rings. The Labute approximate surface area is 113 Å². The number of hydrogen-bond donors (Lipinski definition) is 2. The van der Waals surface area contributed by atoms with E-state index in [0.29, 0.717) is 23.1 Å². The first kappa shape index (κ1) is 12.3. The van der Waals surface area contributed by atoms with Gasteiger partial charge in [-0.05, 0) is 43.4 Å². The van der Waals surface area contributed by atoms with Crippen molar-refractivity contribution in [3.05, 3.63) is 28.8 Å². The second kappa shape index (κ2) is 4.72. The Morgan fingerprint density at radius 2 is 1.94 bits per heavy atom. The van der Waals surface area contributed by atoms with Gasteiger partial charge in [-0.2, -0.15) is 0 Å². The van der Waals surface area contributed by atoms with Crippen LogP contribution in [0.3, 0.4) is 0 Å². The summed E-state index contributed by atoms with van der Waals surface area (Å²) in [5.74, 6) is 0.157. The minimum absolute atomic E-state index is 0.157. The molecule has 2 saturated heterocycles. The number of fused-ring (bicyclic) bond motifs is 2. The highest BCUT2D eigenvalue weighted by molar-refractivity contribution is 6.32. The average Bonchev–Trinajstić information content (AvgIpc) is 2.58. The highest BCUT2D eigenvalue weighted by Crippen LogP contribution is 2.36. The van der Waals surface area contributed by atoms with Gasteiger partial charge in [0.25, 0.3) is 0 Å². The Balaban J connectivity index is 1.75. The predicted octanol–water partition coefficient (Wildman–Crippen LogP) is 2.50.